The summed E-state index contributed by atoms with van der Waals surface area (Å²) >= 11 is 5.96. The number of rotatable bonds is 7. The quantitative estimate of drug-likeness (QED) is 0.775. The number of hydrogen-bond acceptors (Lipinski definition) is 8. The van der Waals surface area contributed by atoms with Crippen LogP contribution in [0.15, 0.2) is 0 Å². The van der Waals surface area contributed by atoms with Crippen molar-refractivity contribution in [2.24, 2.45) is 0 Å². The van der Waals surface area contributed by atoms with Gasteiger partial charge in [-0.15, -0.1) is 0 Å². The number of methoxy groups -OCH3 is 2. The van der Waals surface area contributed by atoms with Crippen LogP contribution in [0, 0.1) is 0 Å². The molecular weight excluding hydrogens is 298 g/mol. The van der Waals surface area contributed by atoms with Crippen molar-refractivity contribution in [1.29, 1.82) is 0 Å². The topological polar surface area (TPSA) is 81.6 Å². The lowest BCUT2D eigenvalue weighted by molar-refractivity contribution is 0.0365. The molecule has 21 heavy (non-hydrogen) atoms. The fraction of sp³-hybridized carbons (Fsp3) is 0.750. The highest BCUT2D eigenvalue weighted by atomic mass is 35.5. The summed E-state index contributed by atoms with van der Waals surface area (Å²) in [7, 11) is 3.26. The summed E-state index contributed by atoms with van der Waals surface area (Å²) in [4.78, 5) is 14.6. The van der Waals surface area contributed by atoms with E-state index in [0.29, 0.717) is 38.3 Å². The lowest BCUT2D eigenvalue weighted by Gasteiger charge is -2.26. The molecule has 1 saturated heterocycles. The molecule has 9 heteroatoms. The molecule has 1 unspecified atom stereocenters. The number of anilines is 2. The van der Waals surface area contributed by atoms with Crippen LogP contribution in [0.2, 0.25) is 5.28 Å². The molecule has 1 fully saturated rings. The van der Waals surface area contributed by atoms with Crippen molar-refractivity contribution in [3.63, 3.8) is 0 Å². The minimum Gasteiger partial charge on any atom is -0.382 e. The first-order chi connectivity index (χ1) is 10.2. The van der Waals surface area contributed by atoms with Crippen LogP contribution in [0.25, 0.3) is 0 Å². The lowest BCUT2D eigenvalue weighted by Crippen LogP contribution is -2.37. The van der Waals surface area contributed by atoms with Gasteiger partial charge >= 0.3 is 0 Å². The van der Waals surface area contributed by atoms with Crippen LogP contribution in [0.1, 0.15) is 0 Å². The smallest absolute Gasteiger partial charge is 0.231 e. The van der Waals surface area contributed by atoms with E-state index in [9.17, 15) is 0 Å². The normalized spacial score (nSPS) is 16.8. The highest BCUT2D eigenvalue weighted by molar-refractivity contribution is 6.28. The summed E-state index contributed by atoms with van der Waals surface area (Å²) in [6.45, 7) is 3.80. The maximum Gasteiger partial charge on any atom is 0.231 e. The molecule has 118 valence electrons. The van der Waals surface area contributed by atoms with E-state index < -0.39 is 0 Å². The molecule has 0 aromatic carbocycles. The van der Waals surface area contributed by atoms with Crippen molar-refractivity contribution in [1.82, 2.24) is 15.0 Å². The van der Waals surface area contributed by atoms with E-state index in [1.807, 2.05) is 4.90 Å². The lowest BCUT2D eigenvalue weighted by atomic mass is 10.4. The molecular formula is C12H20ClN5O3. The summed E-state index contributed by atoms with van der Waals surface area (Å²) < 4.78 is 15.6. The number of hydrogen-bond donors (Lipinski definition) is 1. The largest absolute Gasteiger partial charge is 0.382 e. The van der Waals surface area contributed by atoms with Crippen molar-refractivity contribution in [2.75, 3.05) is 63.9 Å². The first kappa shape index (κ1) is 16.2. The summed E-state index contributed by atoms with van der Waals surface area (Å²) in [5.41, 5.74) is 0. The van der Waals surface area contributed by atoms with Crippen molar-refractivity contribution in [3.05, 3.63) is 5.28 Å². The second-order valence-corrected chi connectivity index (χ2v) is 4.86. The Bertz CT molecular complexity index is 445. The Morgan fingerprint density at radius 2 is 2.05 bits per heavy atom. The van der Waals surface area contributed by atoms with E-state index in [-0.39, 0.29) is 11.4 Å². The third-order valence-corrected chi connectivity index (χ3v) is 3.23. The van der Waals surface area contributed by atoms with Crippen LogP contribution in [-0.4, -0.2) is 74.7 Å². The van der Waals surface area contributed by atoms with Gasteiger partial charge in [-0.25, -0.2) is 0 Å². The number of ether oxygens (including phenoxy) is 3. The monoisotopic (exact) mass is 317 g/mol. The average Bonchev–Trinajstić information content (AvgIpc) is 2.52. The zero-order chi connectivity index (χ0) is 15.1. The van der Waals surface area contributed by atoms with Gasteiger partial charge in [0.2, 0.25) is 17.2 Å². The van der Waals surface area contributed by atoms with Crippen LogP contribution >= 0.6 is 11.6 Å². The zero-order valence-electron chi connectivity index (χ0n) is 12.2. The van der Waals surface area contributed by atoms with Crippen molar-refractivity contribution < 1.29 is 14.2 Å². The van der Waals surface area contributed by atoms with Gasteiger partial charge in [0.05, 0.1) is 25.9 Å². The summed E-state index contributed by atoms with van der Waals surface area (Å²) in [5.74, 6) is 0.983. The third-order valence-electron chi connectivity index (χ3n) is 3.06. The molecule has 8 nitrogen and oxygen atoms in total. The Morgan fingerprint density at radius 1 is 1.29 bits per heavy atom. The number of morpholine rings is 1. The highest BCUT2D eigenvalue weighted by Gasteiger charge is 2.16. The summed E-state index contributed by atoms with van der Waals surface area (Å²) in [6, 6.07) is 0. The number of nitrogens with one attached hydrogen (secondary N) is 1. The van der Waals surface area contributed by atoms with Crippen LogP contribution in [0.5, 0.6) is 0 Å². The van der Waals surface area contributed by atoms with Gasteiger partial charge in [-0.2, -0.15) is 15.0 Å². The third kappa shape index (κ3) is 4.92. The molecule has 0 bridgehead atoms. The molecule has 1 aliphatic heterocycles. The molecule has 0 spiro atoms. The molecule has 0 radical (unpaired) electrons. The Morgan fingerprint density at radius 3 is 2.71 bits per heavy atom. The first-order valence-corrected chi connectivity index (χ1v) is 7.10. The van der Waals surface area contributed by atoms with E-state index >= 15 is 0 Å². The minimum absolute atomic E-state index is 0.0858. The molecule has 2 rings (SSSR count). The molecule has 1 atom stereocenters. The number of halogens is 1. The molecule has 1 N–H and O–H groups in total. The summed E-state index contributed by atoms with van der Waals surface area (Å²) in [5, 5.41) is 3.25. The molecule has 1 aromatic heterocycles. The predicted octanol–water partition coefficient (Wildman–Crippen LogP) is 0.435. The van der Waals surface area contributed by atoms with Gasteiger partial charge in [-0.1, -0.05) is 0 Å². The standard InChI is InChI=1S/C12H20ClN5O3/c1-19-8-9(20-2)7-14-11-15-10(13)16-12(17-11)18-3-5-21-6-4-18/h9H,3-8H2,1-2H3,(H,14,15,16,17). The Balaban J connectivity index is 2.00. The van der Waals surface area contributed by atoms with Gasteiger partial charge in [0, 0.05) is 33.9 Å². The first-order valence-electron chi connectivity index (χ1n) is 6.72. The molecule has 2 heterocycles. The fourth-order valence-electron chi connectivity index (χ4n) is 1.92. The van der Waals surface area contributed by atoms with Crippen molar-refractivity contribution in [3.8, 4) is 0 Å². The fourth-order valence-corrected chi connectivity index (χ4v) is 2.08. The number of aromatic nitrogens is 3. The number of nitrogens with zero attached hydrogens (tertiary/aromatic N) is 4. The molecule has 0 saturated carbocycles. The molecule has 1 aliphatic rings. The zero-order valence-corrected chi connectivity index (χ0v) is 13.0. The molecule has 1 aromatic rings. The maximum atomic E-state index is 5.96. The molecule has 0 aliphatic carbocycles. The van der Waals surface area contributed by atoms with Gasteiger partial charge in [0.15, 0.2) is 0 Å². The maximum absolute atomic E-state index is 5.96. The Labute approximate surface area is 128 Å². The van der Waals surface area contributed by atoms with E-state index in [4.69, 9.17) is 25.8 Å². The van der Waals surface area contributed by atoms with Crippen molar-refractivity contribution in [2.45, 2.75) is 6.10 Å². The predicted molar refractivity (Wildman–Crippen MR) is 79.0 cm³/mol. The average molecular weight is 318 g/mol. The van der Waals surface area contributed by atoms with E-state index in [1.165, 1.54) is 0 Å². The van der Waals surface area contributed by atoms with Crippen LogP contribution in [0.4, 0.5) is 11.9 Å². The Hall–Kier alpha value is -1.22. The van der Waals surface area contributed by atoms with Gasteiger partial charge in [-0.05, 0) is 11.6 Å². The Kier molecular flexibility index (Phi) is 6.37. The van der Waals surface area contributed by atoms with Gasteiger partial charge in [0.25, 0.3) is 0 Å². The highest BCUT2D eigenvalue weighted by Crippen LogP contribution is 2.15. The van der Waals surface area contributed by atoms with Gasteiger partial charge in [-0.3, -0.25) is 0 Å². The van der Waals surface area contributed by atoms with Gasteiger partial charge in [0.1, 0.15) is 0 Å². The van der Waals surface area contributed by atoms with Crippen LogP contribution < -0.4 is 10.2 Å². The van der Waals surface area contributed by atoms with Gasteiger partial charge < -0.3 is 24.4 Å². The summed E-state index contributed by atoms with van der Waals surface area (Å²) in [6.07, 6.45) is -0.0858. The van der Waals surface area contributed by atoms with E-state index in [0.717, 1.165) is 13.1 Å². The minimum atomic E-state index is -0.0858. The molecule has 0 amide bonds. The second kappa shape index (κ2) is 8.28. The van der Waals surface area contributed by atoms with Crippen LogP contribution in [0.3, 0.4) is 0 Å². The van der Waals surface area contributed by atoms with Crippen molar-refractivity contribution >= 4 is 23.5 Å². The van der Waals surface area contributed by atoms with E-state index in [1.54, 1.807) is 14.2 Å². The SMILES string of the molecule is COCC(CNc1nc(Cl)nc(N2CCOCC2)n1)OC. The second-order valence-electron chi connectivity index (χ2n) is 4.52. The van der Waals surface area contributed by atoms with Crippen LogP contribution in [-0.2, 0) is 14.2 Å². The van der Waals surface area contributed by atoms with E-state index in [2.05, 4.69) is 20.3 Å².